The topological polar surface area (TPSA) is 25.0 Å². The molecular weight excluding hydrogens is 270 g/mol. The van der Waals surface area contributed by atoms with Gasteiger partial charge < -0.3 is 9.72 Å². The summed E-state index contributed by atoms with van der Waals surface area (Å²) >= 11 is 6.13. The first-order chi connectivity index (χ1) is 9.83. The molecule has 2 aromatic carbocycles. The van der Waals surface area contributed by atoms with Gasteiger partial charge in [0, 0.05) is 33.6 Å². The minimum absolute atomic E-state index is 0.161. The molecule has 98 valence electrons. The summed E-state index contributed by atoms with van der Waals surface area (Å²) in [6, 6.07) is 14.1. The molecule has 0 fully saturated rings. The van der Waals surface area contributed by atoms with Gasteiger partial charge in [-0.3, -0.25) is 0 Å². The van der Waals surface area contributed by atoms with E-state index in [0.717, 1.165) is 21.9 Å². The number of H-pyrrole nitrogens is 1. The Bertz CT molecular complexity index is 819. The van der Waals surface area contributed by atoms with Crippen LogP contribution >= 0.6 is 11.6 Å². The zero-order valence-electron chi connectivity index (χ0n) is 10.6. The highest BCUT2D eigenvalue weighted by Crippen LogP contribution is 2.40. The molecule has 0 aliphatic carbocycles. The summed E-state index contributed by atoms with van der Waals surface area (Å²) in [7, 11) is 0. The molecule has 0 amide bonds. The lowest BCUT2D eigenvalue weighted by Crippen LogP contribution is -2.05. The molecule has 1 unspecified atom stereocenters. The number of hydrogen-bond acceptors (Lipinski definition) is 1. The van der Waals surface area contributed by atoms with Gasteiger partial charge in [0.2, 0.25) is 0 Å². The number of aromatic amines is 1. The van der Waals surface area contributed by atoms with Crippen molar-refractivity contribution in [2.24, 2.45) is 0 Å². The molecule has 1 aliphatic heterocycles. The lowest BCUT2D eigenvalue weighted by atomic mass is 9.89. The molecule has 1 N–H and O–H groups in total. The third-order valence-electron chi connectivity index (χ3n) is 3.73. The van der Waals surface area contributed by atoms with E-state index in [1.165, 1.54) is 10.9 Å². The molecule has 0 bridgehead atoms. The van der Waals surface area contributed by atoms with Crippen molar-refractivity contribution in [3.63, 3.8) is 0 Å². The van der Waals surface area contributed by atoms with Gasteiger partial charge >= 0.3 is 0 Å². The monoisotopic (exact) mass is 281 g/mol. The van der Waals surface area contributed by atoms with Crippen LogP contribution in [-0.2, 0) is 0 Å². The van der Waals surface area contributed by atoms with Gasteiger partial charge in [0.1, 0.15) is 5.75 Å². The second-order valence-corrected chi connectivity index (χ2v) is 5.33. The van der Waals surface area contributed by atoms with Crippen LogP contribution in [0.5, 0.6) is 5.75 Å². The Morgan fingerprint density at radius 2 is 1.95 bits per heavy atom. The van der Waals surface area contributed by atoms with Gasteiger partial charge in [0.25, 0.3) is 0 Å². The normalized spacial score (nSPS) is 16.9. The first-order valence-electron chi connectivity index (χ1n) is 6.52. The molecule has 0 saturated heterocycles. The fraction of sp³-hybridized carbons (Fsp3) is 0.0588. The zero-order chi connectivity index (χ0) is 13.5. The molecule has 1 aliphatic rings. The molecule has 3 aromatic rings. The minimum Gasteiger partial charge on any atom is -0.465 e. The third-order valence-corrected chi connectivity index (χ3v) is 3.96. The molecule has 4 rings (SSSR count). The number of nitrogens with one attached hydrogen (secondary N) is 1. The Morgan fingerprint density at radius 3 is 2.90 bits per heavy atom. The van der Waals surface area contributed by atoms with E-state index < -0.39 is 0 Å². The molecular formula is C17H12ClNO. The van der Waals surface area contributed by atoms with Gasteiger partial charge in [0.15, 0.2) is 0 Å². The van der Waals surface area contributed by atoms with Crippen molar-refractivity contribution >= 4 is 22.5 Å². The van der Waals surface area contributed by atoms with E-state index in [4.69, 9.17) is 16.3 Å². The second-order valence-electron chi connectivity index (χ2n) is 4.90. The van der Waals surface area contributed by atoms with Crippen LogP contribution < -0.4 is 4.74 Å². The van der Waals surface area contributed by atoms with Crippen molar-refractivity contribution in [3.05, 3.63) is 77.1 Å². The summed E-state index contributed by atoms with van der Waals surface area (Å²) < 4.78 is 5.57. The van der Waals surface area contributed by atoms with Gasteiger partial charge in [-0.25, -0.2) is 0 Å². The van der Waals surface area contributed by atoms with Gasteiger partial charge in [-0.1, -0.05) is 29.8 Å². The van der Waals surface area contributed by atoms with Crippen molar-refractivity contribution in [2.45, 2.75) is 5.92 Å². The number of hydrogen-bond donors (Lipinski definition) is 1. The standard InChI is InChI=1S/C17H12ClNO/c18-11-5-6-17-14(9-11)12(7-8-20-17)15-10-19-16-4-2-1-3-13(15)16/h1-10,12,19H. The fourth-order valence-electron chi connectivity index (χ4n) is 2.79. The number of rotatable bonds is 1. The number of para-hydroxylation sites is 1. The van der Waals surface area contributed by atoms with E-state index in [-0.39, 0.29) is 5.92 Å². The smallest absolute Gasteiger partial charge is 0.130 e. The molecule has 0 saturated carbocycles. The Morgan fingerprint density at radius 1 is 1.05 bits per heavy atom. The number of allylic oxidation sites excluding steroid dienone is 1. The molecule has 2 heterocycles. The number of ether oxygens (including phenoxy) is 1. The van der Waals surface area contributed by atoms with Crippen molar-refractivity contribution in [2.75, 3.05) is 0 Å². The van der Waals surface area contributed by atoms with Crippen LogP contribution in [0.3, 0.4) is 0 Å². The predicted molar refractivity (Wildman–Crippen MR) is 81.4 cm³/mol. The Balaban J connectivity index is 1.93. The third kappa shape index (κ3) is 1.73. The maximum atomic E-state index is 6.13. The maximum Gasteiger partial charge on any atom is 0.130 e. The van der Waals surface area contributed by atoms with E-state index in [2.05, 4.69) is 35.5 Å². The highest BCUT2D eigenvalue weighted by atomic mass is 35.5. The molecule has 0 radical (unpaired) electrons. The van der Waals surface area contributed by atoms with Crippen LogP contribution in [0, 0.1) is 0 Å². The van der Waals surface area contributed by atoms with Crippen molar-refractivity contribution in [3.8, 4) is 5.75 Å². The second kappa shape index (κ2) is 4.43. The minimum atomic E-state index is 0.161. The van der Waals surface area contributed by atoms with Crippen LogP contribution in [0.1, 0.15) is 17.0 Å². The summed E-state index contributed by atoms with van der Waals surface area (Å²) in [5, 5.41) is 1.96. The maximum absolute atomic E-state index is 6.13. The number of fused-ring (bicyclic) bond motifs is 2. The quantitative estimate of drug-likeness (QED) is 0.677. The number of benzene rings is 2. The molecule has 20 heavy (non-hydrogen) atoms. The number of aromatic nitrogens is 1. The summed E-state index contributed by atoms with van der Waals surface area (Å²) in [6.45, 7) is 0. The number of halogens is 1. The van der Waals surface area contributed by atoms with Crippen molar-refractivity contribution in [1.82, 2.24) is 4.98 Å². The van der Waals surface area contributed by atoms with E-state index in [9.17, 15) is 0 Å². The molecule has 3 heteroatoms. The van der Waals surface area contributed by atoms with Gasteiger partial charge in [-0.15, -0.1) is 0 Å². The summed E-state index contributed by atoms with van der Waals surface area (Å²) in [5.41, 5.74) is 3.49. The lowest BCUT2D eigenvalue weighted by molar-refractivity contribution is 0.459. The summed E-state index contributed by atoms with van der Waals surface area (Å²) in [5.74, 6) is 1.03. The van der Waals surface area contributed by atoms with Crippen molar-refractivity contribution < 1.29 is 4.74 Å². The van der Waals surface area contributed by atoms with Gasteiger partial charge in [-0.2, -0.15) is 0 Å². The SMILES string of the molecule is Clc1ccc2c(c1)C(c1c[nH]c3ccccc13)C=CO2. The average Bonchev–Trinajstić information content (AvgIpc) is 2.90. The molecule has 0 spiro atoms. The van der Waals surface area contributed by atoms with Crippen LogP contribution in [0.4, 0.5) is 0 Å². The molecule has 2 nitrogen and oxygen atoms in total. The van der Waals surface area contributed by atoms with E-state index in [1.54, 1.807) is 6.26 Å². The van der Waals surface area contributed by atoms with E-state index in [1.807, 2.05) is 24.3 Å². The van der Waals surface area contributed by atoms with Crippen LogP contribution in [0.15, 0.2) is 61.0 Å². The van der Waals surface area contributed by atoms with E-state index >= 15 is 0 Å². The Labute approximate surface area is 121 Å². The van der Waals surface area contributed by atoms with Gasteiger partial charge in [0.05, 0.1) is 6.26 Å². The van der Waals surface area contributed by atoms with Gasteiger partial charge in [-0.05, 0) is 35.9 Å². The van der Waals surface area contributed by atoms with Crippen LogP contribution in [0.2, 0.25) is 5.02 Å². The van der Waals surface area contributed by atoms with Crippen LogP contribution in [-0.4, -0.2) is 4.98 Å². The predicted octanol–water partition coefficient (Wildman–Crippen LogP) is 4.86. The fourth-order valence-corrected chi connectivity index (χ4v) is 2.97. The molecule has 1 aromatic heterocycles. The lowest BCUT2D eigenvalue weighted by Gasteiger charge is -2.20. The van der Waals surface area contributed by atoms with Crippen molar-refractivity contribution in [1.29, 1.82) is 0 Å². The largest absolute Gasteiger partial charge is 0.465 e. The summed E-state index contributed by atoms with van der Waals surface area (Å²) in [6.07, 6.45) is 5.88. The average molecular weight is 282 g/mol. The Kier molecular flexibility index (Phi) is 2.57. The zero-order valence-corrected chi connectivity index (χ0v) is 11.4. The first-order valence-corrected chi connectivity index (χ1v) is 6.89. The van der Waals surface area contributed by atoms with E-state index in [0.29, 0.717) is 0 Å². The highest BCUT2D eigenvalue weighted by molar-refractivity contribution is 6.30. The first kappa shape index (κ1) is 11.6. The summed E-state index contributed by atoms with van der Waals surface area (Å²) in [4.78, 5) is 3.32. The van der Waals surface area contributed by atoms with Crippen LogP contribution in [0.25, 0.3) is 10.9 Å². The Hall–Kier alpha value is -2.19. The molecule has 1 atom stereocenters. The highest BCUT2D eigenvalue weighted by Gasteiger charge is 2.22.